The molecule has 0 radical (unpaired) electrons. The number of hydrogen-bond acceptors (Lipinski definition) is 4. The largest absolute Gasteiger partial charge is 0.447 e. The molecule has 1 aromatic carbocycles. The number of allylic oxidation sites excluding steroid dienone is 3. The number of carbonyl (C=O) groups excluding carboxylic acids is 2. The van der Waals surface area contributed by atoms with Gasteiger partial charge in [-0.2, -0.15) is 0 Å². The summed E-state index contributed by atoms with van der Waals surface area (Å²) in [5.41, 5.74) is 9.06. The zero-order valence-corrected chi connectivity index (χ0v) is 16.1. The molecule has 1 fully saturated rings. The van der Waals surface area contributed by atoms with E-state index in [0.717, 1.165) is 24.1 Å². The summed E-state index contributed by atoms with van der Waals surface area (Å²) < 4.78 is 5.19. The lowest BCUT2D eigenvalue weighted by atomic mass is 9.83. The first-order valence-electron chi connectivity index (χ1n) is 9.68. The van der Waals surface area contributed by atoms with Crippen molar-refractivity contribution in [3.8, 4) is 0 Å². The average Bonchev–Trinajstić information content (AvgIpc) is 3.00. The summed E-state index contributed by atoms with van der Waals surface area (Å²) in [6, 6.07) is 9.64. The molecule has 1 aliphatic carbocycles. The van der Waals surface area contributed by atoms with Crippen LogP contribution in [0.4, 0.5) is 4.79 Å². The molecule has 2 amide bonds. The average molecular weight is 368 g/mol. The van der Waals surface area contributed by atoms with E-state index in [4.69, 9.17) is 10.5 Å². The van der Waals surface area contributed by atoms with Crippen molar-refractivity contribution in [2.75, 3.05) is 6.61 Å². The lowest BCUT2D eigenvalue weighted by Gasteiger charge is -2.26. The minimum atomic E-state index is -0.527. The van der Waals surface area contributed by atoms with E-state index >= 15 is 0 Å². The second-order valence-corrected chi connectivity index (χ2v) is 7.56. The van der Waals surface area contributed by atoms with Crippen LogP contribution in [0.5, 0.6) is 0 Å². The molecule has 144 valence electrons. The number of nitrogens with zero attached hydrogens (tertiary/aromatic N) is 1. The minimum Gasteiger partial charge on any atom is -0.447 e. The van der Waals surface area contributed by atoms with Gasteiger partial charge in [0.15, 0.2) is 0 Å². The molecule has 0 bridgehead atoms. The molecule has 1 aliphatic heterocycles. The van der Waals surface area contributed by atoms with Crippen LogP contribution in [-0.4, -0.2) is 29.5 Å². The lowest BCUT2D eigenvalue weighted by molar-refractivity contribution is -0.129. The van der Waals surface area contributed by atoms with Crippen molar-refractivity contribution in [1.82, 2.24) is 4.90 Å². The summed E-state index contributed by atoms with van der Waals surface area (Å²) >= 11 is 0. The first kappa shape index (κ1) is 19.2. The predicted octanol–water partition coefficient (Wildman–Crippen LogP) is 3.80. The molecule has 5 nitrogen and oxygen atoms in total. The lowest BCUT2D eigenvalue weighted by Crippen LogP contribution is -2.41. The number of benzene rings is 1. The summed E-state index contributed by atoms with van der Waals surface area (Å²) in [4.78, 5) is 26.5. The maximum absolute atomic E-state index is 13.0. The molecule has 5 heteroatoms. The van der Waals surface area contributed by atoms with E-state index in [2.05, 4.69) is 13.8 Å². The third-order valence-corrected chi connectivity index (χ3v) is 5.37. The number of carbonyl (C=O) groups is 2. The van der Waals surface area contributed by atoms with E-state index in [9.17, 15) is 9.59 Å². The van der Waals surface area contributed by atoms with Gasteiger partial charge in [0.2, 0.25) is 5.91 Å². The van der Waals surface area contributed by atoms with E-state index in [1.165, 1.54) is 10.5 Å². The van der Waals surface area contributed by atoms with Gasteiger partial charge in [-0.15, -0.1) is 0 Å². The summed E-state index contributed by atoms with van der Waals surface area (Å²) in [6.45, 7) is 4.45. The molecular weight excluding hydrogens is 340 g/mol. The Morgan fingerprint density at radius 1 is 1.33 bits per heavy atom. The molecule has 2 aliphatic rings. The van der Waals surface area contributed by atoms with Crippen LogP contribution in [0.25, 0.3) is 0 Å². The van der Waals surface area contributed by atoms with Crippen molar-refractivity contribution >= 4 is 12.0 Å². The maximum Gasteiger partial charge on any atom is 0.416 e. The van der Waals surface area contributed by atoms with Gasteiger partial charge in [0.1, 0.15) is 6.61 Å². The Labute approximate surface area is 160 Å². The third-order valence-electron chi connectivity index (χ3n) is 5.37. The number of ether oxygens (including phenoxy) is 1. The Bertz CT molecular complexity index is 754. The van der Waals surface area contributed by atoms with Crippen molar-refractivity contribution in [1.29, 1.82) is 0 Å². The molecule has 1 unspecified atom stereocenters. The molecule has 1 saturated heterocycles. The molecule has 3 atom stereocenters. The van der Waals surface area contributed by atoms with Crippen molar-refractivity contribution < 1.29 is 14.3 Å². The molecule has 0 spiro atoms. The number of imide groups is 1. The van der Waals surface area contributed by atoms with Crippen molar-refractivity contribution in [3.05, 3.63) is 59.3 Å². The fourth-order valence-electron chi connectivity index (χ4n) is 4.01. The van der Waals surface area contributed by atoms with Crippen LogP contribution in [0.1, 0.15) is 38.7 Å². The second kappa shape index (κ2) is 8.42. The summed E-state index contributed by atoms with van der Waals surface area (Å²) in [5, 5.41) is 0. The van der Waals surface area contributed by atoms with E-state index in [0.29, 0.717) is 18.8 Å². The van der Waals surface area contributed by atoms with E-state index in [-0.39, 0.29) is 24.5 Å². The molecule has 27 heavy (non-hydrogen) atoms. The zero-order chi connectivity index (χ0) is 19.4. The van der Waals surface area contributed by atoms with E-state index in [1.807, 2.05) is 42.5 Å². The van der Waals surface area contributed by atoms with Crippen LogP contribution in [-0.2, 0) is 16.0 Å². The highest BCUT2D eigenvalue weighted by atomic mass is 16.6. The molecule has 0 aromatic heterocycles. The van der Waals surface area contributed by atoms with E-state index in [1.54, 1.807) is 0 Å². The quantitative estimate of drug-likeness (QED) is 0.829. The van der Waals surface area contributed by atoms with Crippen LogP contribution >= 0.6 is 0 Å². The standard InChI is InChI=1S/C22H28N2O3/c1-3-17(18-9-15(2)10-19(23)12-18)13-21(25)24-20(14-27-22(24)26)11-16-7-5-4-6-8-16/h4-8,10,12,15,17,20H,3,9,11,13-14,23H2,1-2H3/t15?,17-,20+/m1/s1. The number of cyclic esters (lactones) is 1. The van der Waals surface area contributed by atoms with Crippen molar-refractivity contribution in [2.45, 2.75) is 45.6 Å². The Hall–Kier alpha value is -2.56. The Morgan fingerprint density at radius 3 is 2.74 bits per heavy atom. The summed E-state index contributed by atoms with van der Waals surface area (Å²) in [5.74, 6) is 0.307. The molecular formula is C22H28N2O3. The second-order valence-electron chi connectivity index (χ2n) is 7.56. The van der Waals surface area contributed by atoms with Crippen LogP contribution in [0, 0.1) is 11.8 Å². The van der Waals surface area contributed by atoms with Gasteiger partial charge >= 0.3 is 6.09 Å². The van der Waals surface area contributed by atoms with Crippen LogP contribution in [0.3, 0.4) is 0 Å². The maximum atomic E-state index is 13.0. The highest BCUT2D eigenvalue weighted by Crippen LogP contribution is 2.31. The number of amides is 2. The van der Waals surface area contributed by atoms with Crippen molar-refractivity contribution in [2.24, 2.45) is 17.6 Å². The first-order chi connectivity index (χ1) is 13.0. The van der Waals surface area contributed by atoms with Gasteiger partial charge in [-0.05, 0) is 42.7 Å². The highest BCUT2D eigenvalue weighted by Gasteiger charge is 2.38. The van der Waals surface area contributed by atoms with Gasteiger partial charge in [0.25, 0.3) is 0 Å². The fourth-order valence-corrected chi connectivity index (χ4v) is 4.01. The highest BCUT2D eigenvalue weighted by molar-refractivity contribution is 5.93. The Morgan fingerprint density at radius 2 is 2.07 bits per heavy atom. The molecule has 0 saturated carbocycles. The van der Waals surface area contributed by atoms with E-state index < -0.39 is 6.09 Å². The monoisotopic (exact) mass is 368 g/mol. The van der Waals surface area contributed by atoms with Gasteiger partial charge < -0.3 is 10.5 Å². The van der Waals surface area contributed by atoms with Gasteiger partial charge in [-0.1, -0.05) is 55.8 Å². The normalized spacial score (nSPS) is 23.5. The van der Waals surface area contributed by atoms with Gasteiger partial charge in [-0.3, -0.25) is 4.79 Å². The van der Waals surface area contributed by atoms with Gasteiger partial charge in [0, 0.05) is 12.1 Å². The zero-order valence-electron chi connectivity index (χ0n) is 16.1. The van der Waals surface area contributed by atoms with Gasteiger partial charge in [-0.25, -0.2) is 9.69 Å². The topological polar surface area (TPSA) is 72.6 Å². The van der Waals surface area contributed by atoms with Crippen LogP contribution in [0.15, 0.2) is 53.8 Å². The first-order valence-corrected chi connectivity index (χ1v) is 9.68. The molecule has 1 aromatic rings. The summed E-state index contributed by atoms with van der Waals surface area (Å²) in [6.07, 6.45) is 6.18. The molecule has 2 N–H and O–H groups in total. The Kier molecular flexibility index (Phi) is 5.99. The van der Waals surface area contributed by atoms with Gasteiger partial charge in [0.05, 0.1) is 6.04 Å². The smallest absolute Gasteiger partial charge is 0.416 e. The fraction of sp³-hybridized carbons (Fsp3) is 0.455. The van der Waals surface area contributed by atoms with Crippen molar-refractivity contribution in [3.63, 3.8) is 0 Å². The predicted molar refractivity (Wildman–Crippen MR) is 105 cm³/mol. The van der Waals surface area contributed by atoms with Crippen LogP contribution < -0.4 is 5.73 Å². The third kappa shape index (κ3) is 4.59. The van der Waals surface area contributed by atoms with Crippen LogP contribution in [0.2, 0.25) is 0 Å². The minimum absolute atomic E-state index is 0.0953. The molecule has 1 heterocycles. The number of hydrogen-bond donors (Lipinski definition) is 1. The SMILES string of the molecule is CC[C@H](CC(=O)N1C(=O)OC[C@@H]1Cc1ccccc1)C1=CC(N)=CC(C)C1. The summed E-state index contributed by atoms with van der Waals surface area (Å²) in [7, 11) is 0. The Balaban J connectivity index is 1.71. The molecule has 3 rings (SSSR count). The number of rotatable bonds is 6. The number of nitrogens with two attached hydrogens (primary N) is 1.